The first kappa shape index (κ1) is 26.8. The van der Waals surface area contributed by atoms with Crippen molar-refractivity contribution >= 4 is 17.0 Å². The lowest BCUT2D eigenvalue weighted by molar-refractivity contribution is 0.0405. The number of halogens is 2. The lowest BCUT2D eigenvalue weighted by Crippen LogP contribution is -2.52. The van der Waals surface area contributed by atoms with Crippen LogP contribution in [0.3, 0.4) is 0 Å². The van der Waals surface area contributed by atoms with Gasteiger partial charge in [-0.05, 0) is 57.7 Å². The van der Waals surface area contributed by atoms with Gasteiger partial charge in [-0.2, -0.15) is 5.26 Å². The quantitative estimate of drug-likeness (QED) is 0.421. The van der Waals surface area contributed by atoms with Crippen molar-refractivity contribution in [1.29, 1.82) is 5.26 Å². The third-order valence-electron chi connectivity index (χ3n) is 5.23. The van der Waals surface area contributed by atoms with Crippen LogP contribution in [0.15, 0.2) is 36.7 Å². The molecule has 0 saturated heterocycles. The van der Waals surface area contributed by atoms with Crippen LogP contribution in [0, 0.1) is 28.9 Å². The van der Waals surface area contributed by atoms with E-state index in [0.29, 0.717) is 17.5 Å². The highest BCUT2D eigenvalue weighted by Crippen LogP contribution is 2.32. The summed E-state index contributed by atoms with van der Waals surface area (Å²) >= 11 is 0. The summed E-state index contributed by atoms with van der Waals surface area (Å²) in [6.45, 7) is 11.3. The number of nitrogens with one attached hydrogen (secondary N) is 1. The van der Waals surface area contributed by atoms with E-state index in [-0.39, 0.29) is 34.9 Å². The molecule has 1 unspecified atom stereocenters. The molecule has 2 aromatic heterocycles. The van der Waals surface area contributed by atoms with Crippen molar-refractivity contribution in [3.05, 3.63) is 53.9 Å². The highest BCUT2D eigenvalue weighted by molar-refractivity contribution is 5.94. The Labute approximate surface area is 209 Å². The highest BCUT2D eigenvalue weighted by Gasteiger charge is 2.31. The van der Waals surface area contributed by atoms with Gasteiger partial charge in [-0.1, -0.05) is 13.8 Å². The molecular formula is C27H30F2N4O3. The van der Waals surface area contributed by atoms with Gasteiger partial charge >= 0.3 is 6.09 Å². The molecule has 1 N–H and O–H groups in total. The molecule has 1 atom stereocenters. The summed E-state index contributed by atoms with van der Waals surface area (Å²) in [5.74, 6) is -1.18. The monoisotopic (exact) mass is 496 g/mol. The zero-order valence-electron chi connectivity index (χ0n) is 21.3. The number of nitrogens with zero attached hydrogens (tertiary/aromatic N) is 3. The Morgan fingerprint density at radius 2 is 1.89 bits per heavy atom. The molecular weight excluding hydrogens is 466 g/mol. The van der Waals surface area contributed by atoms with Gasteiger partial charge < -0.3 is 14.8 Å². The molecule has 0 fully saturated rings. The van der Waals surface area contributed by atoms with Gasteiger partial charge in [0.25, 0.3) is 0 Å². The second kappa shape index (κ2) is 10.4. The Balaban J connectivity index is 1.89. The number of carbonyl (C=O) groups is 1. The van der Waals surface area contributed by atoms with Gasteiger partial charge in [0, 0.05) is 35.5 Å². The van der Waals surface area contributed by atoms with E-state index in [0.717, 1.165) is 12.1 Å². The number of hydrogen-bond acceptors (Lipinski definition) is 6. The fourth-order valence-electron chi connectivity index (χ4n) is 4.06. The van der Waals surface area contributed by atoms with Crippen LogP contribution in [-0.2, 0) is 4.74 Å². The van der Waals surface area contributed by atoms with Gasteiger partial charge in [0.05, 0.1) is 11.1 Å². The van der Waals surface area contributed by atoms with Gasteiger partial charge in [0.2, 0.25) is 5.88 Å². The largest absolute Gasteiger partial charge is 0.474 e. The van der Waals surface area contributed by atoms with Crippen LogP contribution < -0.4 is 10.1 Å². The Hall–Kier alpha value is -3.80. The number of alkyl carbamates (subject to hydrolysis) is 1. The van der Waals surface area contributed by atoms with Gasteiger partial charge in [-0.25, -0.2) is 18.6 Å². The van der Waals surface area contributed by atoms with Crippen LogP contribution in [0.25, 0.3) is 22.0 Å². The minimum Gasteiger partial charge on any atom is -0.474 e. The molecule has 7 nitrogen and oxygen atoms in total. The van der Waals surface area contributed by atoms with Gasteiger partial charge in [-0.15, -0.1) is 0 Å². The van der Waals surface area contributed by atoms with Gasteiger partial charge in [0.1, 0.15) is 35.5 Å². The van der Waals surface area contributed by atoms with Crippen molar-refractivity contribution in [2.45, 2.75) is 59.1 Å². The van der Waals surface area contributed by atoms with Crippen molar-refractivity contribution < 1.29 is 23.0 Å². The number of carbonyl (C=O) groups excluding carboxylic acids is 1. The van der Waals surface area contributed by atoms with Crippen LogP contribution in [-0.4, -0.2) is 33.8 Å². The lowest BCUT2D eigenvalue weighted by atomic mass is 9.91. The van der Waals surface area contributed by atoms with E-state index in [2.05, 4.69) is 21.4 Å². The predicted molar refractivity (Wildman–Crippen MR) is 132 cm³/mol. The molecule has 0 saturated carbocycles. The minimum atomic E-state index is -0.794. The fraction of sp³-hybridized carbons (Fsp3) is 0.407. The van der Waals surface area contributed by atoms with Gasteiger partial charge in [-0.3, -0.25) is 4.98 Å². The van der Waals surface area contributed by atoms with E-state index in [1.165, 1.54) is 18.5 Å². The molecule has 0 radical (unpaired) electrons. The zero-order chi connectivity index (χ0) is 26.7. The topological polar surface area (TPSA) is 97.1 Å². The van der Waals surface area contributed by atoms with E-state index in [9.17, 15) is 18.8 Å². The molecule has 0 aliphatic carbocycles. The average Bonchev–Trinajstić information content (AvgIpc) is 2.75. The molecule has 190 valence electrons. The van der Waals surface area contributed by atoms with E-state index in [1.807, 2.05) is 20.8 Å². The number of amides is 1. The second-order valence-electron chi connectivity index (χ2n) is 10.4. The predicted octanol–water partition coefficient (Wildman–Crippen LogP) is 6.15. The minimum absolute atomic E-state index is 0.0392. The zero-order valence-corrected chi connectivity index (χ0v) is 21.3. The van der Waals surface area contributed by atoms with Crippen LogP contribution >= 0.6 is 0 Å². The average molecular weight is 497 g/mol. The number of ether oxygens (including phenoxy) is 2. The molecule has 2 heterocycles. The van der Waals surface area contributed by atoms with E-state index in [4.69, 9.17) is 9.47 Å². The molecule has 1 aromatic carbocycles. The maximum absolute atomic E-state index is 14.6. The van der Waals surface area contributed by atoms with E-state index >= 15 is 0 Å². The van der Waals surface area contributed by atoms with Crippen LogP contribution in [0.4, 0.5) is 13.6 Å². The molecule has 0 bridgehead atoms. The lowest BCUT2D eigenvalue weighted by Gasteiger charge is -2.33. The van der Waals surface area contributed by atoms with Crippen molar-refractivity contribution in [2.75, 3.05) is 6.61 Å². The summed E-state index contributed by atoms with van der Waals surface area (Å²) in [7, 11) is 0. The van der Waals surface area contributed by atoms with Crippen LogP contribution in [0.2, 0.25) is 0 Å². The Morgan fingerprint density at radius 3 is 2.53 bits per heavy atom. The number of pyridine rings is 2. The van der Waals surface area contributed by atoms with Crippen molar-refractivity contribution in [1.82, 2.24) is 15.3 Å². The summed E-state index contributed by atoms with van der Waals surface area (Å²) in [5.41, 5.74) is -0.293. The standard InChI is InChI=1S/C27H30F2N4O3/c1-16(2)12-27(6,33-25(34)36-26(3,4)5)15-35-24-17(13-30)9-18(14-32-24)20-7-8-31-22-11-19(28)10-21(29)23(20)22/h7-11,14,16H,12,15H2,1-6H3,(H,33,34). The summed E-state index contributed by atoms with van der Waals surface area (Å²) < 4.78 is 39.5. The summed E-state index contributed by atoms with van der Waals surface area (Å²) in [5, 5.41) is 12.8. The smallest absolute Gasteiger partial charge is 0.408 e. The van der Waals surface area contributed by atoms with E-state index < -0.39 is 28.9 Å². The molecule has 9 heteroatoms. The number of hydrogen-bond donors (Lipinski definition) is 1. The number of fused-ring (bicyclic) bond motifs is 1. The summed E-state index contributed by atoms with van der Waals surface area (Å²) in [6.07, 6.45) is 2.91. The Morgan fingerprint density at radius 1 is 1.17 bits per heavy atom. The third-order valence-corrected chi connectivity index (χ3v) is 5.23. The molecule has 0 aliphatic rings. The van der Waals surface area contributed by atoms with Crippen molar-refractivity contribution in [2.24, 2.45) is 5.92 Å². The maximum atomic E-state index is 14.6. The van der Waals surface area contributed by atoms with Crippen molar-refractivity contribution in [3.63, 3.8) is 0 Å². The first-order chi connectivity index (χ1) is 16.8. The molecule has 3 rings (SSSR count). The fourth-order valence-corrected chi connectivity index (χ4v) is 4.06. The Bertz CT molecular complexity index is 1310. The first-order valence-electron chi connectivity index (χ1n) is 11.6. The molecule has 0 aliphatic heterocycles. The maximum Gasteiger partial charge on any atom is 0.408 e. The first-order valence-corrected chi connectivity index (χ1v) is 11.6. The van der Waals surface area contributed by atoms with Crippen molar-refractivity contribution in [3.8, 4) is 23.1 Å². The normalized spacial score (nSPS) is 13.2. The number of rotatable bonds is 7. The SMILES string of the molecule is CC(C)CC(C)(COc1ncc(-c2ccnc3cc(F)cc(F)c23)cc1C#N)NC(=O)OC(C)(C)C. The van der Waals surface area contributed by atoms with Gasteiger partial charge in [0.15, 0.2) is 0 Å². The molecule has 1 amide bonds. The third kappa shape index (κ3) is 6.66. The Kier molecular flexibility index (Phi) is 7.77. The van der Waals surface area contributed by atoms with E-state index in [1.54, 1.807) is 26.8 Å². The summed E-state index contributed by atoms with van der Waals surface area (Å²) in [6, 6.07) is 7.09. The molecule has 3 aromatic rings. The summed E-state index contributed by atoms with van der Waals surface area (Å²) in [4.78, 5) is 20.8. The number of benzene rings is 1. The number of nitriles is 1. The van der Waals surface area contributed by atoms with Crippen LogP contribution in [0.1, 0.15) is 53.5 Å². The highest BCUT2D eigenvalue weighted by atomic mass is 19.1. The second-order valence-corrected chi connectivity index (χ2v) is 10.4. The van der Waals surface area contributed by atoms with Crippen LogP contribution in [0.5, 0.6) is 5.88 Å². The number of aromatic nitrogens is 2. The molecule has 0 spiro atoms. The molecule has 36 heavy (non-hydrogen) atoms.